The molecule has 10 rings (SSSR count). The van der Waals surface area contributed by atoms with Gasteiger partial charge in [-0.1, -0.05) is 121 Å². The number of nitrogens with zero attached hydrogens (tertiary/aromatic N) is 2. The fraction of sp³-hybridized carbons (Fsp3) is 0.531. The summed E-state index contributed by atoms with van der Waals surface area (Å²) in [5.74, 6) is 0. The summed E-state index contributed by atoms with van der Waals surface area (Å²) in [5, 5.41) is 5.52. The molecule has 2 atom stereocenters. The van der Waals surface area contributed by atoms with E-state index in [-0.39, 0.29) is 43.4 Å². The summed E-state index contributed by atoms with van der Waals surface area (Å²) in [7, 11) is 0. The fourth-order valence-electron chi connectivity index (χ4n) is 14.9. The van der Waals surface area contributed by atoms with Crippen LogP contribution in [0, 0.1) is 6.92 Å². The number of hydrogen-bond donors (Lipinski definition) is 0. The maximum atomic E-state index is 2.86. The van der Waals surface area contributed by atoms with Crippen LogP contribution in [0.2, 0.25) is 0 Å². The van der Waals surface area contributed by atoms with Crippen molar-refractivity contribution >= 4 is 21.5 Å². The normalized spacial score (nSPS) is 24.6. The molecule has 6 aromatic rings. The Bertz CT molecular complexity index is 2980. The SMILES string of the molecule is CCC1(C)c2cc3c(cc2-c2cc4cc5c(cc4c[n+]2C1(CC)CCC[n+]1cc2cc4c(cc2cc1-c1ccccc1C)C(C)(C)CCC4(C)C)C(C)(C)CCC5(C)C)C(C)(C)CC3(C)C. The van der Waals surface area contributed by atoms with Crippen LogP contribution in [0.15, 0.2) is 85.2 Å². The Morgan fingerprint density at radius 2 is 0.924 bits per heavy atom. The Morgan fingerprint density at radius 3 is 1.44 bits per heavy atom. The maximum absolute atomic E-state index is 2.86. The molecule has 66 heavy (non-hydrogen) atoms. The number of aryl methyl sites for hydroxylation is 2. The number of hydrogen-bond acceptors (Lipinski definition) is 0. The maximum Gasteiger partial charge on any atom is 0.213 e. The topological polar surface area (TPSA) is 7.76 Å². The molecule has 1 aliphatic heterocycles. The molecular formula is C64H82N2+2. The van der Waals surface area contributed by atoms with Crippen LogP contribution in [0.25, 0.3) is 44.1 Å². The van der Waals surface area contributed by atoms with E-state index >= 15 is 0 Å². The van der Waals surface area contributed by atoms with Gasteiger partial charge in [-0.15, -0.1) is 0 Å². The summed E-state index contributed by atoms with van der Waals surface area (Å²) in [5.41, 5.74) is 18.5. The number of rotatable bonds is 7. The Morgan fingerprint density at radius 1 is 0.455 bits per heavy atom. The van der Waals surface area contributed by atoms with E-state index in [1.807, 2.05) is 0 Å². The number of fused-ring (bicyclic) bond motifs is 8. The van der Waals surface area contributed by atoms with Crippen LogP contribution < -0.4 is 9.13 Å². The van der Waals surface area contributed by atoms with Crippen LogP contribution >= 0.6 is 0 Å². The Labute approximate surface area is 399 Å². The summed E-state index contributed by atoms with van der Waals surface area (Å²) < 4.78 is 5.50. The average molecular weight is 879 g/mol. The summed E-state index contributed by atoms with van der Waals surface area (Å²) >= 11 is 0. The molecule has 3 heterocycles. The third-order valence-electron chi connectivity index (χ3n) is 19.4. The lowest BCUT2D eigenvalue weighted by Gasteiger charge is -2.48. The van der Waals surface area contributed by atoms with Crippen LogP contribution in [-0.4, -0.2) is 0 Å². The zero-order valence-electron chi connectivity index (χ0n) is 44.0. The third kappa shape index (κ3) is 6.59. The van der Waals surface area contributed by atoms with Crippen molar-refractivity contribution in [2.24, 2.45) is 0 Å². The van der Waals surface area contributed by atoms with Gasteiger partial charge in [-0.2, -0.15) is 9.13 Å². The fourth-order valence-corrected chi connectivity index (χ4v) is 14.9. The number of benzene rings is 4. The van der Waals surface area contributed by atoms with Gasteiger partial charge < -0.3 is 0 Å². The van der Waals surface area contributed by atoms with E-state index in [1.54, 1.807) is 27.8 Å². The minimum absolute atomic E-state index is 0.0832. The monoisotopic (exact) mass is 879 g/mol. The third-order valence-corrected chi connectivity index (χ3v) is 19.4. The van der Waals surface area contributed by atoms with Crippen molar-refractivity contribution in [1.82, 2.24) is 0 Å². The highest BCUT2D eigenvalue weighted by Crippen LogP contribution is 2.58. The molecule has 0 spiro atoms. The lowest BCUT2D eigenvalue weighted by molar-refractivity contribution is -0.770. The van der Waals surface area contributed by atoms with Crippen molar-refractivity contribution in [3.05, 3.63) is 130 Å². The second kappa shape index (κ2) is 14.6. The zero-order valence-corrected chi connectivity index (χ0v) is 44.0. The molecule has 2 aromatic heterocycles. The number of pyridine rings is 2. The van der Waals surface area contributed by atoms with Crippen LogP contribution in [0.3, 0.4) is 0 Å². The van der Waals surface area contributed by atoms with E-state index in [9.17, 15) is 0 Å². The van der Waals surface area contributed by atoms with E-state index < -0.39 is 0 Å². The molecule has 3 aliphatic carbocycles. The van der Waals surface area contributed by atoms with Gasteiger partial charge in [0.15, 0.2) is 17.9 Å². The number of aromatic nitrogens is 2. The van der Waals surface area contributed by atoms with E-state index in [0.717, 1.165) is 32.2 Å². The molecule has 4 aromatic carbocycles. The summed E-state index contributed by atoms with van der Waals surface area (Å²) in [6.07, 6.45) is 15.6. The first-order valence-corrected chi connectivity index (χ1v) is 26.1. The lowest BCUT2D eigenvalue weighted by Crippen LogP contribution is -2.69. The second-order valence-electron chi connectivity index (χ2n) is 26.3. The summed E-state index contributed by atoms with van der Waals surface area (Å²) in [6, 6.07) is 30.0. The average Bonchev–Trinajstić information content (AvgIpc) is 3.45. The molecule has 0 radical (unpaired) electrons. The van der Waals surface area contributed by atoms with E-state index in [1.165, 1.54) is 92.9 Å². The predicted molar refractivity (Wildman–Crippen MR) is 280 cm³/mol. The molecule has 2 heteroatoms. The predicted octanol–water partition coefficient (Wildman–Crippen LogP) is 16.1. The first kappa shape index (κ1) is 45.5. The lowest BCUT2D eigenvalue weighted by atomic mass is 9.57. The molecule has 2 unspecified atom stereocenters. The van der Waals surface area contributed by atoms with Crippen molar-refractivity contribution in [3.8, 4) is 22.5 Å². The Kier molecular flexibility index (Phi) is 10.1. The van der Waals surface area contributed by atoms with Crippen LogP contribution in [0.4, 0.5) is 0 Å². The van der Waals surface area contributed by atoms with Crippen molar-refractivity contribution in [2.45, 2.75) is 219 Å². The van der Waals surface area contributed by atoms with Gasteiger partial charge >= 0.3 is 0 Å². The molecule has 0 amide bonds. The van der Waals surface area contributed by atoms with Gasteiger partial charge in [-0.3, -0.25) is 0 Å². The summed E-state index contributed by atoms with van der Waals surface area (Å²) in [6.45, 7) is 40.6. The zero-order chi connectivity index (χ0) is 47.4. The highest BCUT2D eigenvalue weighted by Gasteiger charge is 2.60. The standard InChI is InChI=1S/C64H82N2/c1-17-63(16)48-37-54-53(61(12,13)40-62(54,14)15)36-47(48)56-35-43-31-50-52(60(10,11)28-26-58(50,6)7)33-45(43)39-66(56)64(63,18-2)24-21-29-65-38-44-32-51-49(57(4,5)25-27-59(51,8)9)30-42(44)34-55(65)46-23-20-19-22-41(46)3/h19-20,22-23,30-39H,17-18,21,24-29,40H2,1-16H3/q+2. The quantitative estimate of drug-likeness (QED) is 0.141. The van der Waals surface area contributed by atoms with Crippen LogP contribution in [0.1, 0.15) is 206 Å². The highest BCUT2D eigenvalue weighted by atomic mass is 15.1. The van der Waals surface area contributed by atoms with Gasteiger partial charge in [0.05, 0.1) is 11.0 Å². The molecule has 0 bridgehead atoms. The second-order valence-corrected chi connectivity index (χ2v) is 26.3. The van der Waals surface area contributed by atoms with Crippen molar-refractivity contribution in [1.29, 1.82) is 0 Å². The van der Waals surface area contributed by atoms with Crippen molar-refractivity contribution in [2.75, 3.05) is 0 Å². The van der Waals surface area contributed by atoms with E-state index in [4.69, 9.17) is 0 Å². The van der Waals surface area contributed by atoms with E-state index in [0.29, 0.717) is 0 Å². The minimum Gasteiger partial charge on any atom is -0.198 e. The Balaban J connectivity index is 1.16. The minimum atomic E-state index is -0.135. The molecule has 0 saturated carbocycles. The van der Waals surface area contributed by atoms with E-state index in [2.05, 4.69) is 205 Å². The molecule has 0 fully saturated rings. The summed E-state index contributed by atoms with van der Waals surface area (Å²) in [4.78, 5) is 0. The van der Waals surface area contributed by atoms with Crippen molar-refractivity contribution in [3.63, 3.8) is 0 Å². The van der Waals surface area contributed by atoms with Crippen molar-refractivity contribution < 1.29 is 9.13 Å². The first-order chi connectivity index (χ1) is 30.8. The molecular weight excluding hydrogens is 797 g/mol. The van der Waals surface area contributed by atoms with Gasteiger partial charge in [-0.05, 0) is 177 Å². The van der Waals surface area contributed by atoms with Gasteiger partial charge in [0.25, 0.3) is 0 Å². The van der Waals surface area contributed by atoms with Crippen LogP contribution in [-0.2, 0) is 50.0 Å². The first-order valence-electron chi connectivity index (χ1n) is 26.1. The highest BCUT2D eigenvalue weighted by molar-refractivity contribution is 5.88. The van der Waals surface area contributed by atoms with Crippen LogP contribution in [0.5, 0.6) is 0 Å². The molecule has 0 saturated heterocycles. The molecule has 2 nitrogen and oxygen atoms in total. The largest absolute Gasteiger partial charge is 0.213 e. The smallest absolute Gasteiger partial charge is 0.198 e. The van der Waals surface area contributed by atoms with Gasteiger partial charge in [0.2, 0.25) is 11.4 Å². The van der Waals surface area contributed by atoms with Gasteiger partial charge in [0.1, 0.15) is 6.54 Å². The Hall–Kier alpha value is -4.30. The molecule has 0 N–H and O–H groups in total. The van der Waals surface area contributed by atoms with Gasteiger partial charge in [-0.25, -0.2) is 0 Å². The molecule has 346 valence electrons. The molecule has 4 aliphatic rings. The van der Waals surface area contributed by atoms with Gasteiger partial charge in [0, 0.05) is 47.7 Å².